The molecule has 3 N–H and O–H groups in total. The number of aryl methyl sites for hydroxylation is 1. The Hall–Kier alpha value is -2.49. The Morgan fingerprint density at radius 1 is 1.20 bits per heavy atom. The number of rotatable bonds is 4. The predicted molar refractivity (Wildman–Crippen MR) is 81.7 cm³/mol. The highest BCUT2D eigenvalue weighted by atomic mass is 16.4. The van der Waals surface area contributed by atoms with Gasteiger partial charge in [-0.3, -0.25) is 0 Å². The van der Waals surface area contributed by atoms with Gasteiger partial charge in [0, 0.05) is 12.2 Å². The summed E-state index contributed by atoms with van der Waals surface area (Å²) >= 11 is 0. The molecule has 0 radical (unpaired) electrons. The minimum Gasteiger partial charge on any atom is -0.478 e. The minimum absolute atomic E-state index is 0.200. The number of nitrogens with two attached hydrogens (primary N) is 1. The zero-order valence-corrected chi connectivity index (χ0v) is 11.6. The van der Waals surface area contributed by atoms with Crippen molar-refractivity contribution < 1.29 is 9.90 Å². The van der Waals surface area contributed by atoms with Gasteiger partial charge in [-0.1, -0.05) is 17.7 Å². The van der Waals surface area contributed by atoms with Gasteiger partial charge in [0.05, 0.1) is 16.9 Å². The fourth-order valence-corrected chi connectivity index (χ4v) is 2.15. The molecule has 2 aromatic rings. The van der Waals surface area contributed by atoms with Crippen LogP contribution in [0.3, 0.4) is 0 Å². The highest BCUT2D eigenvalue weighted by Gasteiger charge is 2.12. The summed E-state index contributed by atoms with van der Waals surface area (Å²) in [5.74, 6) is -0.971. The number of carboxylic acids is 1. The molecular formula is C16H18N2O2. The quantitative estimate of drug-likeness (QED) is 0.835. The third kappa shape index (κ3) is 2.74. The lowest BCUT2D eigenvalue weighted by molar-refractivity contribution is 0.0697. The van der Waals surface area contributed by atoms with Gasteiger partial charge in [-0.15, -0.1) is 0 Å². The number of hydrogen-bond donors (Lipinski definition) is 2. The molecule has 4 nitrogen and oxygen atoms in total. The van der Waals surface area contributed by atoms with Crippen LogP contribution in [0.1, 0.15) is 22.8 Å². The summed E-state index contributed by atoms with van der Waals surface area (Å²) in [5, 5.41) is 8.97. The fourth-order valence-electron chi connectivity index (χ4n) is 2.15. The molecule has 2 aromatic carbocycles. The number of aromatic carboxylic acids is 1. The molecule has 0 aliphatic heterocycles. The molecule has 0 amide bonds. The van der Waals surface area contributed by atoms with Crippen LogP contribution in [0.25, 0.3) is 0 Å². The minimum atomic E-state index is -0.971. The van der Waals surface area contributed by atoms with Crippen molar-refractivity contribution in [2.45, 2.75) is 13.8 Å². The second kappa shape index (κ2) is 5.65. The largest absolute Gasteiger partial charge is 0.478 e. The SMILES string of the molecule is CCN(c1ccc(C)cc1)c1ccc(C(=O)O)cc1N. The van der Waals surface area contributed by atoms with Gasteiger partial charge < -0.3 is 15.7 Å². The molecule has 0 saturated heterocycles. The van der Waals surface area contributed by atoms with Crippen LogP contribution in [0, 0.1) is 6.92 Å². The van der Waals surface area contributed by atoms with Crippen molar-refractivity contribution in [2.24, 2.45) is 0 Å². The normalized spacial score (nSPS) is 10.3. The molecule has 20 heavy (non-hydrogen) atoms. The summed E-state index contributed by atoms with van der Waals surface area (Å²) in [6.07, 6.45) is 0. The van der Waals surface area contributed by atoms with E-state index in [9.17, 15) is 4.79 Å². The van der Waals surface area contributed by atoms with Crippen LogP contribution in [0.5, 0.6) is 0 Å². The van der Waals surface area contributed by atoms with Gasteiger partial charge in [0.1, 0.15) is 0 Å². The third-order valence-electron chi connectivity index (χ3n) is 3.23. The first-order chi connectivity index (χ1) is 9.52. The number of nitrogen functional groups attached to an aromatic ring is 1. The van der Waals surface area contributed by atoms with E-state index in [1.54, 1.807) is 12.1 Å². The Labute approximate surface area is 118 Å². The van der Waals surface area contributed by atoms with E-state index in [1.165, 1.54) is 11.6 Å². The topological polar surface area (TPSA) is 66.6 Å². The summed E-state index contributed by atoms with van der Waals surface area (Å²) in [6, 6.07) is 13.0. The van der Waals surface area contributed by atoms with Crippen LogP contribution >= 0.6 is 0 Å². The average molecular weight is 270 g/mol. The first-order valence-electron chi connectivity index (χ1n) is 6.50. The van der Waals surface area contributed by atoms with E-state index in [4.69, 9.17) is 10.8 Å². The Kier molecular flexibility index (Phi) is 3.94. The Balaban J connectivity index is 2.41. The lowest BCUT2D eigenvalue weighted by atomic mass is 10.1. The van der Waals surface area contributed by atoms with E-state index in [-0.39, 0.29) is 5.56 Å². The van der Waals surface area contributed by atoms with E-state index in [2.05, 4.69) is 4.90 Å². The molecule has 0 spiro atoms. The smallest absolute Gasteiger partial charge is 0.335 e. The molecule has 0 fully saturated rings. The molecule has 0 atom stereocenters. The molecule has 0 heterocycles. The first-order valence-corrected chi connectivity index (χ1v) is 6.50. The van der Waals surface area contributed by atoms with Crippen LogP contribution in [0.2, 0.25) is 0 Å². The third-order valence-corrected chi connectivity index (χ3v) is 3.23. The molecule has 4 heteroatoms. The summed E-state index contributed by atoms with van der Waals surface area (Å²) in [4.78, 5) is 13.0. The molecule has 2 rings (SSSR count). The van der Waals surface area contributed by atoms with Crippen molar-refractivity contribution in [2.75, 3.05) is 17.2 Å². The maximum absolute atomic E-state index is 10.9. The van der Waals surface area contributed by atoms with Crippen LogP contribution in [0.15, 0.2) is 42.5 Å². The second-order valence-corrected chi connectivity index (χ2v) is 4.66. The summed E-state index contributed by atoms with van der Waals surface area (Å²) in [7, 11) is 0. The van der Waals surface area contributed by atoms with Gasteiger partial charge >= 0.3 is 5.97 Å². The number of hydrogen-bond acceptors (Lipinski definition) is 3. The van der Waals surface area contributed by atoms with Gasteiger partial charge in [0.25, 0.3) is 0 Å². The van der Waals surface area contributed by atoms with Gasteiger partial charge in [-0.05, 0) is 44.2 Å². The molecule has 0 aliphatic carbocycles. The van der Waals surface area contributed by atoms with Gasteiger partial charge in [-0.25, -0.2) is 4.79 Å². The van der Waals surface area contributed by atoms with Crippen molar-refractivity contribution in [1.29, 1.82) is 0 Å². The molecule has 0 saturated carbocycles. The number of benzene rings is 2. The number of carboxylic acid groups (broad SMARTS) is 1. The summed E-state index contributed by atoms with van der Waals surface area (Å²) < 4.78 is 0. The molecule has 0 bridgehead atoms. The van der Waals surface area contributed by atoms with Crippen molar-refractivity contribution in [3.05, 3.63) is 53.6 Å². The van der Waals surface area contributed by atoms with Crippen molar-refractivity contribution in [3.63, 3.8) is 0 Å². The van der Waals surface area contributed by atoms with Gasteiger partial charge in [0.2, 0.25) is 0 Å². The lowest BCUT2D eigenvalue weighted by Crippen LogP contribution is -2.17. The van der Waals surface area contributed by atoms with E-state index in [0.717, 1.165) is 17.9 Å². The van der Waals surface area contributed by atoms with Crippen LogP contribution in [0.4, 0.5) is 17.1 Å². The monoisotopic (exact) mass is 270 g/mol. The van der Waals surface area contributed by atoms with E-state index in [0.29, 0.717) is 5.69 Å². The van der Waals surface area contributed by atoms with Crippen molar-refractivity contribution in [1.82, 2.24) is 0 Å². The second-order valence-electron chi connectivity index (χ2n) is 4.66. The van der Waals surface area contributed by atoms with Gasteiger partial charge in [0.15, 0.2) is 0 Å². The van der Waals surface area contributed by atoms with Crippen molar-refractivity contribution >= 4 is 23.0 Å². The maximum Gasteiger partial charge on any atom is 0.335 e. The molecule has 0 aromatic heterocycles. The standard InChI is InChI=1S/C16H18N2O2/c1-3-18(13-7-4-11(2)5-8-13)15-9-6-12(16(19)20)10-14(15)17/h4-10H,3,17H2,1-2H3,(H,19,20). The Bertz CT molecular complexity index is 621. The van der Waals surface area contributed by atoms with E-state index in [1.807, 2.05) is 38.1 Å². The number of nitrogens with zero attached hydrogens (tertiary/aromatic N) is 1. The average Bonchev–Trinajstić information content (AvgIpc) is 2.43. The van der Waals surface area contributed by atoms with Gasteiger partial charge in [-0.2, -0.15) is 0 Å². The van der Waals surface area contributed by atoms with Crippen LogP contribution in [-0.4, -0.2) is 17.6 Å². The zero-order chi connectivity index (χ0) is 14.7. The summed E-state index contributed by atoms with van der Waals surface area (Å²) in [6.45, 7) is 4.82. The first kappa shape index (κ1) is 13.9. The molecule has 0 unspecified atom stereocenters. The van der Waals surface area contributed by atoms with Crippen molar-refractivity contribution in [3.8, 4) is 0 Å². The van der Waals surface area contributed by atoms with E-state index >= 15 is 0 Å². The van der Waals surface area contributed by atoms with E-state index < -0.39 is 5.97 Å². The van der Waals surface area contributed by atoms with Crippen LogP contribution < -0.4 is 10.6 Å². The Morgan fingerprint density at radius 3 is 2.35 bits per heavy atom. The predicted octanol–water partition coefficient (Wildman–Crippen LogP) is 3.43. The molecule has 0 aliphatic rings. The number of carbonyl (C=O) groups is 1. The zero-order valence-electron chi connectivity index (χ0n) is 11.6. The fraction of sp³-hybridized carbons (Fsp3) is 0.188. The van der Waals surface area contributed by atoms with Crippen LogP contribution in [-0.2, 0) is 0 Å². The number of anilines is 3. The lowest BCUT2D eigenvalue weighted by Gasteiger charge is -2.25. The highest BCUT2D eigenvalue weighted by Crippen LogP contribution is 2.31. The highest BCUT2D eigenvalue weighted by molar-refractivity contribution is 5.91. The molecular weight excluding hydrogens is 252 g/mol. The summed E-state index contributed by atoms with van der Waals surface area (Å²) in [5.41, 5.74) is 9.71. The Morgan fingerprint density at radius 2 is 1.85 bits per heavy atom. The molecule has 104 valence electrons. The maximum atomic E-state index is 10.9.